The van der Waals surface area contributed by atoms with Gasteiger partial charge in [0.15, 0.2) is 6.61 Å². The Morgan fingerprint density at radius 3 is 2.69 bits per heavy atom. The summed E-state index contributed by atoms with van der Waals surface area (Å²) in [5.74, 6) is -0.953. The summed E-state index contributed by atoms with van der Waals surface area (Å²) in [5.41, 5.74) is 2.17. The standard InChI is InChI=1S/C20H18ClNO4/c1-12-16-8-3-4-9-17(16)26-19(12)20(24)25-11-18(23)22-13(2)14-6-5-7-15(21)10-14/h3-10,13H,11H2,1-2H3,(H,22,23)/t13-/m0/s1. The Bertz CT molecular complexity index is 963. The van der Waals surface area contributed by atoms with Crippen molar-refractivity contribution < 1.29 is 18.7 Å². The molecule has 0 spiro atoms. The van der Waals surface area contributed by atoms with Crippen molar-refractivity contribution in [1.82, 2.24) is 5.32 Å². The first-order valence-corrected chi connectivity index (χ1v) is 8.53. The van der Waals surface area contributed by atoms with Crippen LogP contribution in [0.2, 0.25) is 5.02 Å². The number of furan rings is 1. The molecule has 0 fully saturated rings. The van der Waals surface area contributed by atoms with E-state index in [-0.39, 0.29) is 18.4 Å². The Kier molecular flexibility index (Phi) is 5.28. The van der Waals surface area contributed by atoms with E-state index in [1.165, 1.54) is 0 Å². The van der Waals surface area contributed by atoms with Gasteiger partial charge in [-0.2, -0.15) is 0 Å². The van der Waals surface area contributed by atoms with E-state index in [4.69, 9.17) is 20.8 Å². The molecule has 0 bridgehead atoms. The zero-order chi connectivity index (χ0) is 18.7. The summed E-state index contributed by atoms with van der Waals surface area (Å²) in [6.07, 6.45) is 0. The number of rotatable bonds is 5. The lowest BCUT2D eigenvalue weighted by molar-refractivity contribution is -0.124. The Morgan fingerprint density at radius 1 is 1.19 bits per heavy atom. The molecule has 0 saturated heterocycles. The average molecular weight is 372 g/mol. The lowest BCUT2D eigenvalue weighted by Crippen LogP contribution is -2.31. The summed E-state index contributed by atoms with van der Waals surface area (Å²) in [4.78, 5) is 24.3. The fourth-order valence-corrected chi connectivity index (χ4v) is 2.91. The Hall–Kier alpha value is -2.79. The maximum atomic E-state index is 12.2. The largest absolute Gasteiger partial charge is 0.450 e. The van der Waals surface area contributed by atoms with Crippen molar-refractivity contribution in [1.29, 1.82) is 0 Å². The predicted octanol–water partition coefficient (Wildman–Crippen LogP) is 4.43. The quantitative estimate of drug-likeness (QED) is 0.674. The van der Waals surface area contributed by atoms with Gasteiger partial charge in [0.1, 0.15) is 5.58 Å². The number of fused-ring (bicyclic) bond motifs is 1. The number of hydrogen-bond acceptors (Lipinski definition) is 4. The maximum Gasteiger partial charge on any atom is 0.375 e. The number of amides is 1. The number of carbonyl (C=O) groups excluding carboxylic acids is 2. The molecule has 0 unspecified atom stereocenters. The molecule has 2 aromatic carbocycles. The molecule has 0 saturated carbocycles. The normalized spacial score (nSPS) is 12.0. The molecule has 0 radical (unpaired) electrons. The smallest absolute Gasteiger partial charge is 0.375 e. The van der Waals surface area contributed by atoms with Gasteiger partial charge in [0, 0.05) is 16.0 Å². The van der Waals surface area contributed by atoms with Crippen LogP contribution in [0.4, 0.5) is 0 Å². The highest BCUT2D eigenvalue weighted by Gasteiger charge is 2.20. The molecule has 1 aromatic heterocycles. The minimum absolute atomic E-state index is 0.113. The summed E-state index contributed by atoms with van der Waals surface area (Å²) < 4.78 is 10.6. The number of halogens is 1. The molecule has 1 atom stereocenters. The van der Waals surface area contributed by atoms with Crippen molar-refractivity contribution in [2.45, 2.75) is 19.9 Å². The van der Waals surface area contributed by atoms with Gasteiger partial charge in [0.25, 0.3) is 5.91 Å². The summed E-state index contributed by atoms with van der Waals surface area (Å²) in [5, 5.41) is 4.20. The summed E-state index contributed by atoms with van der Waals surface area (Å²) in [6.45, 7) is 3.22. The number of para-hydroxylation sites is 1. The SMILES string of the molecule is Cc1c(C(=O)OCC(=O)N[C@@H](C)c2cccc(Cl)c2)oc2ccccc12. The van der Waals surface area contributed by atoms with E-state index < -0.39 is 11.9 Å². The van der Waals surface area contributed by atoms with Crippen molar-refractivity contribution in [3.63, 3.8) is 0 Å². The van der Waals surface area contributed by atoms with Crippen molar-refractivity contribution in [3.8, 4) is 0 Å². The summed E-state index contributed by atoms with van der Waals surface area (Å²) in [6, 6.07) is 14.3. The van der Waals surface area contributed by atoms with Crippen LogP contribution in [0.3, 0.4) is 0 Å². The average Bonchev–Trinajstić information content (AvgIpc) is 2.97. The molecule has 0 aliphatic rings. The highest BCUT2D eigenvalue weighted by molar-refractivity contribution is 6.30. The molecule has 134 valence electrons. The number of benzene rings is 2. The van der Waals surface area contributed by atoms with Crippen LogP contribution < -0.4 is 5.32 Å². The molecule has 1 heterocycles. The molecule has 6 heteroatoms. The highest BCUT2D eigenvalue weighted by atomic mass is 35.5. The highest BCUT2D eigenvalue weighted by Crippen LogP contribution is 2.25. The monoisotopic (exact) mass is 371 g/mol. The van der Waals surface area contributed by atoms with Gasteiger partial charge in [-0.1, -0.05) is 41.9 Å². The van der Waals surface area contributed by atoms with E-state index in [1.54, 1.807) is 25.1 Å². The van der Waals surface area contributed by atoms with Gasteiger partial charge in [-0.3, -0.25) is 4.79 Å². The van der Waals surface area contributed by atoms with Gasteiger partial charge in [-0.15, -0.1) is 0 Å². The molecular formula is C20H18ClNO4. The van der Waals surface area contributed by atoms with Crippen LogP contribution in [0.25, 0.3) is 11.0 Å². The van der Waals surface area contributed by atoms with E-state index in [0.717, 1.165) is 10.9 Å². The van der Waals surface area contributed by atoms with Crippen LogP contribution >= 0.6 is 11.6 Å². The minimum atomic E-state index is -0.663. The van der Waals surface area contributed by atoms with Gasteiger partial charge in [0.05, 0.1) is 6.04 Å². The third-order valence-electron chi connectivity index (χ3n) is 4.09. The second kappa shape index (κ2) is 7.62. The van der Waals surface area contributed by atoms with Crippen LogP contribution in [0.5, 0.6) is 0 Å². The van der Waals surface area contributed by atoms with Crippen LogP contribution in [0, 0.1) is 6.92 Å². The Balaban J connectivity index is 1.60. The first kappa shape index (κ1) is 18.0. The fraction of sp³-hybridized carbons (Fsp3) is 0.200. The molecule has 0 aliphatic carbocycles. The maximum absolute atomic E-state index is 12.2. The lowest BCUT2D eigenvalue weighted by atomic mass is 10.1. The van der Waals surface area contributed by atoms with E-state index in [1.807, 2.05) is 37.3 Å². The van der Waals surface area contributed by atoms with Gasteiger partial charge in [-0.05, 0) is 37.6 Å². The number of hydrogen-bond donors (Lipinski definition) is 1. The Morgan fingerprint density at radius 2 is 1.96 bits per heavy atom. The molecule has 1 amide bonds. The van der Waals surface area contributed by atoms with Gasteiger partial charge >= 0.3 is 5.97 Å². The number of nitrogens with one attached hydrogen (secondary N) is 1. The van der Waals surface area contributed by atoms with Crippen molar-refractivity contribution in [2.75, 3.05) is 6.61 Å². The third kappa shape index (κ3) is 3.89. The number of aryl methyl sites for hydroxylation is 1. The topological polar surface area (TPSA) is 68.5 Å². The second-order valence-corrected chi connectivity index (χ2v) is 6.41. The van der Waals surface area contributed by atoms with E-state index in [0.29, 0.717) is 16.2 Å². The molecule has 1 N–H and O–H groups in total. The molecule has 5 nitrogen and oxygen atoms in total. The number of carbonyl (C=O) groups is 2. The van der Waals surface area contributed by atoms with Crippen molar-refractivity contribution in [2.24, 2.45) is 0 Å². The number of ether oxygens (including phenoxy) is 1. The molecule has 3 aromatic rings. The van der Waals surface area contributed by atoms with Crippen molar-refractivity contribution in [3.05, 3.63) is 70.4 Å². The minimum Gasteiger partial charge on any atom is -0.450 e. The van der Waals surface area contributed by atoms with E-state index in [9.17, 15) is 9.59 Å². The Labute approximate surface area is 155 Å². The van der Waals surface area contributed by atoms with Gasteiger partial charge < -0.3 is 14.5 Å². The molecule has 0 aliphatic heterocycles. The van der Waals surface area contributed by atoms with Crippen LogP contribution in [0.15, 0.2) is 52.9 Å². The molecule has 3 rings (SSSR count). The predicted molar refractivity (Wildman–Crippen MR) is 99.2 cm³/mol. The first-order valence-electron chi connectivity index (χ1n) is 8.16. The van der Waals surface area contributed by atoms with Gasteiger partial charge in [0.2, 0.25) is 5.76 Å². The first-order chi connectivity index (χ1) is 12.5. The van der Waals surface area contributed by atoms with Crippen LogP contribution in [0.1, 0.15) is 34.6 Å². The summed E-state index contributed by atoms with van der Waals surface area (Å²) >= 11 is 5.95. The lowest BCUT2D eigenvalue weighted by Gasteiger charge is -2.14. The van der Waals surface area contributed by atoms with E-state index >= 15 is 0 Å². The zero-order valence-corrected chi connectivity index (χ0v) is 15.2. The van der Waals surface area contributed by atoms with Crippen molar-refractivity contribution >= 4 is 34.4 Å². The molecule has 26 heavy (non-hydrogen) atoms. The van der Waals surface area contributed by atoms with Crippen LogP contribution in [-0.2, 0) is 9.53 Å². The summed E-state index contributed by atoms with van der Waals surface area (Å²) in [7, 11) is 0. The van der Waals surface area contributed by atoms with Gasteiger partial charge in [-0.25, -0.2) is 4.79 Å². The molecular weight excluding hydrogens is 354 g/mol. The fourth-order valence-electron chi connectivity index (χ4n) is 2.71. The third-order valence-corrected chi connectivity index (χ3v) is 4.32. The zero-order valence-electron chi connectivity index (χ0n) is 14.4. The second-order valence-electron chi connectivity index (χ2n) is 5.97. The van der Waals surface area contributed by atoms with Crippen LogP contribution in [-0.4, -0.2) is 18.5 Å². The number of esters is 1. The van der Waals surface area contributed by atoms with E-state index in [2.05, 4.69) is 5.32 Å².